The van der Waals surface area contributed by atoms with E-state index in [1.54, 1.807) is 0 Å². The first-order valence-corrected chi connectivity index (χ1v) is 10.2. The van der Waals surface area contributed by atoms with Crippen LogP contribution in [0.3, 0.4) is 0 Å². The van der Waals surface area contributed by atoms with Crippen molar-refractivity contribution in [1.82, 2.24) is 9.88 Å². The van der Waals surface area contributed by atoms with E-state index in [0.717, 1.165) is 44.5 Å². The highest BCUT2D eigenvalue weighted by molar-refractivity contribution is 5.56. The molecule has 5 heteroatoms. The summed E-state index contributed by atoms with van der Waals surface area (Å²) in [5, 5.41) is 20.8. The molecule has 0 saturated carbocycles. The zero-order valence-electron chi connectivity index (χ0n) is 16.6. The Bertz CT molecular complexity index is 876. The van der Waals surface area contributed by atoms with E-state index >= 15 is 0 Å². The summed E-state index contributed by atoms with van der Waals surface area (Å²) in [5.41, 5.74) is 3.44. The summed E-state index contributed by atoms with van der Waals surface area (Å²) in [6, 6.07) is 14.7. The quantitative estimate of drug-likeness (QED) is 0.869. The second-order valence-corrected chi connectivity index (χ2v) is 8.31. The minimum Gasteiger partial charge on any atom is -0.387 e. The number of pyridine rings is 1. The molecule has 0 spiro atoms. The molecule has 1 atom stereocenters. The maximum absolute atomic E-state index is 11.2. The van der Waals surface area contributed by atoms with E-state index in [1.807, 2.05) is 24.1 Å². The molecule has 2 aliphatic rings. The third kappa shape index (κ3) is 4.04. The van der Waals surface area contributed by atoms with E-state index in [9.17, 15) is 10.4 Å². The van der Waals surface area contributed by atoms with Crippen molar-refractivity contribution < 1.29 is 5.11 Å². The number of aryl methyl sites for hydroxylation is 2. The van der Waals surface area contributed by atoms with E-state index in [1.165, 1.54) is 17.5 Å². The van der Waals surface area contributed by atoms with Crippen molar-refractivity contribution in [2.45, 2.75) is 44.2 Å². The van der Waals surface area contributed by atoms with Gasteiger partial charge in [-0.1, -0.05) is 30.3 Å². The smallest absolute Gasteiger partial charge is 0.146 e. The summed E-state index contributed by atoms with van der Waals surface area (Å²) < 4.78 is 0. The predicted octanol–water partition coefficient (Wildman–Crippen LogP) is 2.91. The van der Waals surface area contributed by atoms with Crippen LogP contribution < -0.4 is 4.90 Å². The van der Waals surface area contributed by atoms with Crippen LogP contribution in [0.15, 0.2) is 36.4 Å². The van der Waals surface area contributed by atoms with Crippen LogP contribution in [-0.2, 0) is 19.4 Å². The number of aromatic nitrogens is 1. The largest absolute Gasteiger partial charge is 0.387 e. The van der Waals surface area contributed by atoms with Crippen LogP contribution in [0, 0.1) is 11.3 Å². The van der Waals surface area contributed by atoms with E-state index in [4.69, 9.17) is 4.98 Å². The number of nitrogens with zero attached hydrogens (tertiary/aromatic N) is 4. The van der Waals surface area contributed by atoms with Gasteiger partial charge >= 0.3 is 0 Å². The maximum Gasteiger partial charge on any atom is 0.146 e. The van der Waals surface area contributed by atoms with Crippen LogP contribution in [0.2, 0.25) is 0 Å². The summed E-state index contributed by atoms with van der Waals surface area (Å²) in [6.07, 6.45) is 5.06. The number of nitriles is 1. The van der Waals surface area contributed by atoms with Crippen molar-refractivity contribution in [2.75, 3.05) is 31.6 Å². The Hall–Kier alpha value is -2.42. The first-order chi connectivity index (χ1) is 13.6. The molecular weight excluding hydrogens is 348 g/mol. The molecule has 0 amide bonds. The Labute approximate surface area is 167 Å². The molecule has 1 saturated heterocycles. The van der Waals surface area contributed by atoms with Gasteiger partial charge in [0, 0.05) is 38.9 Å². The van der Waals surface area contributed by atoms with E-state index in [2.05, 4.69) is 35.2 Å². The lowest BCUT2D eigenvalue weighted by molar-refractivity contribution is 0.0561. The van der Waals surface area contributed by atoms with Crippen molar-refractivity contribution in [3.63, 3.8) is 0 Å². The summed E-state index contributed by atoms with van der Waals surface area (Å²) in [4.78, 5) is 9.09. The van der Waals surface area contributed by atoms with E-state index in [-0.39, 0.29) is 0 Å². The van der Waals surface area contributed by atoms with Crippen LogP contribution in [0.4, 0.5) is 5.82 Å². The van der Waals surface area contributed by atoms with Gasteiger partial charge in [0.1, 0.15) is 11.9 Å². The number of hydrogen-bond acceptors (Lipinski definition) is 5. The fourth-order valence-corrected chi connectivity index (χ4v) is 4.56. The molecule has 28 heavy (non-hydrogen) atoms. The van der Waals surface area contributed by atoms with Gasteiger partial charge in [0.25, 0.3) is 0 Å². The lowest BCUT2D eigenvalue weighted by atomic mass is 9.94. The Morgan fingerprint density at radius 2 is 2.04 bits per heavy atom. The Morgan fingerprint density at radius 3 is 2.82 bits per heavy atom. The number of hydrogen-bond donors (Lipinski definition) is 1. The molecule has 0 radical (unpaired) electrons. The number of likely N-dealkylation sites (N-methyl/N-ethyl adjacent to an activating group) is 1. The van der Waals surface area contributed by atoms with Gasteiger partial charge in [-0.3, -0.25) is 4.90 Å². The molecule has 1 aromatic heterocycles. The van der Waals surface area contributed by atoms with Gasteiger partial charge in [0.05, 0.1) is 11.2 Å². The average Bonchev–Trinajstić information content (AvgIpc) is 3.07. The number of β-amino-alcohol motifs (C(OH)–C–C–N with tert-alkyl or cyclic N) is 1. The van der Waals surface area contributed by atoms with Crippen molar-refractivity contribution in [3.8, 4) is 6.07 Å². The van der Waals surface area contributed by atoms with Crippen molar-refractivity contribution in [1.29, 1.82) is 5.26 Å². The van der Waals surface area contributed by atoms with Crippen LogP contribution in [-0.4, -0.2) is 47.3 Å². The molecule has 5 nitrogen and oxygen atoms in total. The lowest BCUT2D eigenvalue weighted by Crippen LogP contribution is -2.44. The fraction of sp³-hybridized carbons (Fsp3) is 0.478. The van der Waals surface area contributed by atoms with Crippen molar-refractivity contribution in [2.24, 2.45) is 0 Å². The molecule has 1 unspecified atom stereocenters. The average molecular weight is 377 g/mol. The number of benzene rings is 1. The van der Waals surface area contributed by atoms with Gasteiger partial charge in [-0.05, 0) is 49.3 Å². The minimum atomic E-state index is -0.784. The Kier molecular flexibility index (Phi) is 5.34. The maximum atomic E-state index is 11.2. The van der Waals surface area contributed by atoms with Gasteiger partial charge in [-0.2, -0.15) is 5.26 Å². The topological polar surface area (TPSA) is 63.4 Å². The van der Waals surface area contributed by atoms with Crippen LogP contribution in [0.5, 0.6) is 0 Å². The van der Waals surface area contributed by atoms with Gasteiger partial charge < -0.3 is 10.0 Å². The SMILES string of the molecule is CN(CC1(O)CCN(Cc2ccccc2)C1)c1nc2c(cc1C#N)CCCC2. The van der Waals surface area contributed by atoms with Gasteiger partial charge in [0.2, 0.25) is 0 Å². The second kappa shape index (κ2) is 7.90. The first-order valence-electron chi connectivity index (χ1n) is 10.2. The third-order valence-electron chi connectivity index (χ3n) is 5.95. The highest BCUT2D eigenvalue weighted by Crippen LogP contribution is 2.29. The van der Waals surface area contributed by atoms with Crippen LogP contribution in [0.25, 0.3) is 0 Å². The molecule has 4 rings (SSSR count). The molecule has 1 aromatic carbocycles. The molecule has 2 heterocycles. The van der Waals surface area contributed by atoms with E-state index in [0.29, 0.717) is 24.5 Å². The summed E-state index contributed by atoms with van der Waals surface area (Å²) in [7, 11) is 1.94. The molecule has 1 fully saturated rings. The molecule has 1 aliphatic heterocycles. The standard InChI is InChI=1S/C23H28N4O/c1-26(22-20(14-24)13-19-9-5-6-10-21(19)25-22)16-23(28)11-12-27(17-23)15-18-7-3-2-4-8-18/h2-4,7-8,13,28H,5-6,9-12,15-17H2,1H3. The highest BCUT2D eigenvalue weighted by Gasteiger charge is 2.37. The summed E-state index contributed by atoms with van der Waals surface area (Å²) in [6.45, 7) is 2.85. The van der Waals surface area contributed by atoms with Crippen molar-refractivity contribution >= 4 is 5.82 Å². The molecule has 1 N–H and O–H groups in total. The Balaban J connectivity index is 1.46. The van der Waals surface area contributed by atoms with E-state index < -0.39 is 5.60 Å². The first kappa shape index (κ1) is 18.9. The van der Waals surface area contributed by atoms with Gasteiger partial charge in [-0.15, -0.1) is 0 Å². The number of likely N-dealkylation sites (tertiary alicyclic amines) is 1. The minimum absolute atomic E-state index is 0.485. The zero-order chi connectivity index (χ0) is 19.6. The molecule has 2 aromatic rings. The van der Waals surface area contributed by atoms with Crippen LogP contribution >= 0.6 is 0 Å². The predicted molar refractivity (Wildman–Crippen MR) is 110 cm³/mol. The highest BCUT2D eigenvalue weighted by atomic mass is 16.3. The molecule has 0 bridgehead atoms. The lowest BCUT2D eigenvalue weighted by Gasteiger charge is -2.31. The molecular formula is C23H28N4O. The number of fused-ring (bicyclic) bond motifs is 1. The van der Waals surface area contributed by atoms with Gasteiger partial charge in [0.15, 0.2) is 0 Å². The monoisotopic (exact) mass is 376 g/mol. The number of aliphatic hydroxyl groups is 1. The second-order valence-electron chi connectivity index (χ2n) is 8.31. The third-order valence-corrected chi connectivity index (χ3v) is 5.95. The normalized spacial score (nSPS) is 21.9. The molecule has 146 valence electrons. The summed E-state index contributed by atoms with van der Waals surface area (Å²) in [5.74, 6) is 0.707. The zero-order valence-corrected chi connectivity index (χ0v) is 16.6. The van der Waals surface area contributed by atoms with Gasteiger partial charge in [-0.25, -0.2) is 4.98 Å². The number of rotatable bonds is 5. The number of anilines is 1. The fourth-order valence-electron chi connectivity index (χ4n) is 4.56. The van der Waals surface area contributed by atoms with Crippen LogP contribution in [0.1, 0.15) is 41.6 Å². The summed E-state index contributed by atoms with van der Waals surface area (Å²) >= 11 is 0. The molecule has 1 aliphatic carbocycles. The van der Waals surface area contributed by atoms with Crippen molar-refractivity contribution in [3.05, 3.63) is 58.8 Å². The Morgan fingerprint density at radius 1 is 1.25 bits per heavy atom.